The van der Waals surface area contributed by atoms with Crippen molar-refractivity contribution < 1.29 is 9.47 Å². The highest BCUT2D eigenvalue weighted by Crippen LogP contribution is 2.44. The standard InChI is InChI=1S/C26H19NO2/c1-17-6-8-19(9-7-17)25-16-23-21(24(29-25)12-14-27)13-15-28-26-20-5-3-2-4-18(20)10-11-22(23)26/h2-12,16H,13,15H2,1H3/b24-12-. The molecule has 2 aliphatic rings. The van der Waals surface area contributed by atoms with Crippen molar-refractivity contribution in [1.29, 1.82) is 5.26 Å². The van der Waals surface area contributed by atoms with E-state index in [-0.39, 0.29) is 0 Å². The molecule has 0 atom stereocenters. The summed E-state index contributed by atoms with van der Waals surface area (Å²) in [5.41, 5.74) is 5.28. The van der Waals surface area contributed by atoms with Crippen LogP contribution in [0.15, 0.2) is 84.1 Å². The van der Waals surface area contributed by atoms with Gasteiger partial charge in [-0.2, -0.15) is 5.26 Å². The van der Waals surface area contributed by atoms with Crippen molar-refractivity contribution in [2.75, 3.05) is 6.61 Å². The van der Waals surface area contributed by atoms with Gasteiger partial charge in [-0.25, -0.2) is 0 Å². The van der Waals surface area contributed by atoms with E-state index >= 15 is 0 Å². The second-order valence-electron chi connectivity index (χ2n) is 7.27. The minimum atomic E-state index is 0.541. The van der Waals surface area contributed by atoms with Crippen LogP contribution in [0.5, 0.6) is 5.75 Å². The summed E-state index contributed by atoms with van der Waals surface area (Å²) in [5, 5.41) is 11.6. The number of fused-ring (bicyclic) bond motifs is 4. The summed E-state index contributed by atoms with van der Waals surface area (Å²) in [7, 11) is 0. The van der Waals surface area contributed by atoms with Gasteiger partial charge in [-0.1, -0.05) is 60.2 Å². The molecule has 3 heteroatoms. The third kappa shape index (κ3) is 2.99. The maximum Gasteiger partial charge on any atom is 0.141 e. The highest BCUT2D eigenvalue weighted by Gasteiger charge is 2.27. The molecule has 0 saturated carbocycles. The number of aryl methyl sites for hydroxylation is 1. The Morgan fingerprint density at radius 3 is 2.66 bits per heavy atom. The maximum absolute atomic E-state index is 9.33. The lowest BCUT2D eigenvalue weighted by molar-refractivity contribution is 0.320. The number of nitrogens with zero attached hydrogens (tertiary/aromatic N) is 1. The first-order valence-electron chi connectivity index (χ1n) is 9.69. The molecular formula is C26H19NO2. The number of nitriles is 1. The first-order valence-corrected chi connectivity index (χ1v) is 9.69. The zero-order chi connectivity index (χ0) is 19.8. The van der Waals surface area contributed by atoms with E-state index in [4.69, 9.17) is 9.47 Å². The average Bonchev–Trinajstić information content (AvgIpc) is 2.94. The van der Waals surface area contributed by atoms with Crippen molar-refractivity contribution in [3.8, 4) is 11.8 Å². The summed E-state index contributed by atoms with van der Waals surface area (Å²) in [6.45, 7) is 2.60. The van der Waals surface area contributed by atoms with Crippen LogP contribution in [0.25, 0.3) is 22.1 Å². The van der Waals surface area contributed by atoms with E-state index in [1.54, 1.807) is 0 Å². The predicted molar refractivity (Wildman–Crippen MR) is 115 cm³/mol. The Morgan fingerprint density at radius 2 is 1.83 bits per heavy atom. The summed E-state index contributed by atoms with van der Waals surface area (Å²) >= 11 is 0. The molecule has 29 heavy (non-hydrogen) atoms. The molecule has 0 fully saturated rings. The lowest BCUT2D eigenvalue weighted by Crippen LogP contribution is -2.06. The summed E-state index contributed by atoms with van der Waals surface area (Å²) in [6.07, 6.45) is 4.25. The third-order valence-corrected chi connectivity index (χ3v) is 5.42. The summed E-state index contributed by atoms with van der Waals surface area (Å²) in [6, 6.07) is 22.8. The Balaban J connectivity index is 1.75. The lowest BCUT2D eigenvalue weighted by atomic mass is 9.91. The molecule has 140 valence electrons. The zero-order valence-electron chi connectivity index (χ0n) is 16.1. The number of hydrogen-bond donors (Lipinski definition) is 0. The molecule has 0 N–H and O–H groups in total. The highest BCUT2D eigenvalue weighted by molar-refractivity contribution is 5.98. The van der Waals surface area contributed by atoms with Crippen molar-refractivity contribution >= 4 is 22.1 Å². The summed E-state index contributed by atoms with van der Waals surface area (Å²) < 4.78 is 12.4. The van der Waals surface area contributed by atoms with Crippen LogP contribution >= 0.6 is 0 Å². The van der Waals surface area contributed by atoms with E-state index in [2.05, 4.69) is 55.5 Å². The highest BCUT2D eigenvalue weighted by atomic mass is 16.5. The quantitative estimate of drug-likeness (QED) is 0.477. The van der Waals surface area contributed by atoms with Crippen molar-refractivity contribution in [2.24, 2.45) is 0 Å². The maximum atomic E-state index is 9.33. The SMILES string of the molecule is Cc1ccc(C2=CC3=C(CCOc4c3ccc3ccccc43)/C(=C/C#N)O2)cc1. The van der Waals surface area contributed by atoms with Gasteiger partial charge in [0.15, 0.2) is 0 Å². The summed E-state index contributed by atoms with van der Waals surface area (Å²) in [4.78, 5) is 0. The van der Waals surface area contributed by atoms with E-state index in [0.29, 0.717) is 18.8 Å². The molecular weight excluding hydrogens is 358 g/mol. The molecule has 0 radical (unpaired) electrons. The van der Waals surface area contributed by atoms with Gasteiger partial charge in [0.25, 0.3) is 0 Å². The fraction of sp³-hybridized carbons (Fsp3) is 0.115. The molecule has 0 amide bonds. The number of ether oxygens (including phenoxy) is 2. The normalized spacial score (nSPS) is 16.8. The van der Waals surface area contributed by atoms with E-state index in [9.17, 15) is 5.26 Å². The number of allylic oxidation sites excluding steroid dienone is 4. The topological polar surface area (TPSA) is 42.2 Å². The van der Waals surface area contributed by atoms with Crippen molar-refractivity contribution in [3.05, 3.63) is 101 Å². The van der Waals surface area contributed by atoms with Crippen LogP contribution in [0.2, 0.25) is 0 Å². The third-order valence-electron chi connectivity index (χ3n) is 5.42. The van der Waals surface area contributed by atoms with E-state index in [1.165, 1.54) is 11.6 Å². The zero-order valence-corrected chi connectivity index (χ0v) is 16.1. The van der Waals surface area contributed by atoms with Gasteiger partial charge < -0.3 is 9.47 Å². The summed E-state index contributed by atoms with van der Waals surface area (Å²) in [5.74, 6) is 2.24. The molecule has 0 aliphatic carbocycles. The monoisotopic (exact) mass is 377 g/mol. The second kappa shape index (κ2) is 7.00. The molecule has 0 unspecified atom stereocenters. The number of benzene rings is 3. The van der Waals surface area contributed by atoms with Gasteiger partial charge >= 0.3 is 0 Å². The Labute approximate surface area is 169 Å². The van der Waals surface area contributed by atoms with Crippen molar-refractivity contribution in [2.45, 2.75) is 13.3 Å². The molecule has 0 saturated heterocycles. The fourth-order valence-electron chi connectivity index (χ4n) is 3.96. The fourth-order valence-corrected chi connectivity index (χ4v) is 3.96. The van der Waals surface area contributed by atoms with Crippen LogP contribution < -0.4 is 4.74 Å². The molecule has 3 aromatic rings. The van der Waals surface area contributed by atoms with Crippen LogP contribution in [0.1, 0.15) is 23.1 Å². The van der Waals surface area contributed by atoms with Gasteiger partial charge in [0.2, 0.25) is 0 Å². The van der Waals surface area contributed by atoms with Gasteiger partial charge in [-0.3, -0.25) is 0 Å². The van der Waals surface area contributed by atoms with E-state index in [0.717, 1.165) is 44.6 Å². The molecule has 0 aromatic heterocycles. The molecule has 2 aliphatic heterocycles. The van der Waals surface area contributed by atoms with Crippen LogP contribution in [0.3, 0.4) is 0 Å². The molecule has 0 bridgehead atoms. The van der Waals surface area contributed by atoms with Crippen molar-refractivity contribution in [1.82, 2.24) is 0 Å². The van der Waals surface area contributed by atoms with Crippen LogP contribution in [-0.2, 0) is 4.74 Å². The lowest BCUT2D eigenvalue weighted by Gasteiger charge is -2.23. The van der Waals surface area contributed by atoms with E-state index < -0.39 is 0 Å². The van der Waals surface area contributed by atoms with E-state index in [1.807, 2.05) is 24.3 Å². The molecule has 0 spiro atoms. The minimum Gasteiger partial charge on any atom is -0.492 e. The van der Waals surface area contributed by atoms with Gasteiger partial charge in [0.05, 0.1) is 18.8 Å². The first kappa shape index (κ1) is 17.3. The number of rotatable bonds is 1. The smallest absolute Gasteiger partial charge is 0.141 e. The number of hydrogen-bond acceptors (Lipinski definition) is 3. The molecule has 2 heterocycles. The Bertz CT molecular complexity index is 1250. The van der Waals surface area contributed by atoms with Crippen LogP contribution in [0.4, 0.5) is 0 Å². The van der Waals surface area contributed by atoms with Gasteiger partial charge in [-0.15, -0.1) is 0 Å². The Hall–Kier alpha value is -3.77. The Kier molecular flexibility index (Phi) is 4.18. The van der Waals surface area contributed by atoms with Gasteiger partial charge in [-0.05, 0) is 30.0 Å². The second-order valence-corrected chi connectivity index (χ2v) is 7.27. The predicted octanol–water partition coefficient (Wildman–Crippen LogP) is 6.16. The molecule has 5 rings (SSSR count). The first-order chi connectivity index (χ1) is 14.2. The van der Waals surface area contributed by atoms with Gasteiger partial charge in [0, 0.05) is 28.5 Å². The average molecular weight is 377 g/mol. The van der Waals surface area contributed by atoms with Crippen LogP contribution in [0, 0.1) is 18.3 Å². The molecule has 3 aromatic carbocycles. The van der Waals surface area contributed by atoms with Crippen LogP contribution in [-0.4, -0.2) is 6.61 Å². The Morgan fingerprint density at radius 1 is 1.00 bits per heavy atom. The van der Waals surface area contributed by atoms with Gasteiger partial charge in [0.1, 0.15) is 17.3 Å². The van der Waals surface area contributed by atoms with Crippen molar-refractivity contribution in [3.63, 3.8) is 0 Å². The molecule has 3 nitrogen and oxygen atoms in total. The largest absolute Gasteiger partial charge is 0.492 e. The minimum absolute atomic E-state index is 0.541.